The molecule has 0 spiro atoms. The monoisotopic (exact) mass is 280 g/mol. The van der Waals surface area contributed by atoms with Crippen LogP contribution in [-0.4, -0.2) is 30.7 Å². The smallest absolute Gasteiger partial charge is 0.251 e. The summed E-state index contributed by atoms with van der Waals surface area (Å²) < 4.78 is 0. The van der Waals surface area contributed by atoms with E-state index in [9.17, 15) is 9.59 Å². The van der Waals surface area contributed by atoms with Crippen LogP contribution in [0.15, 0.2) is 24.3 Å². The first-order valence-electron chi connectivity index (χ1n) is 6.18. The van der Waals surface area contributed by atoms with Crippen molar-refractivity contribution in [1.29, 1.82) is 0 Å². The number of carbonyl (C=O) groups excluding carboxylic acids is 2. The molecule has 1 aromatic carbocycles. The van der Waals surface area contributed by atoms with Crippen molar-refractivity contribution in [3.05, 3.63) is 35.4 Å². The maximum absolute atomic E-state index is 11.8. The van der Waals surface area contributed by atoms with E-state index in [1.165, 1.54) is 5.56 Å². The van der Waals surface area contributed by atoms with Crippen molar-refractivity contribution in [2.75, 3.05) is 12.8 Å². The summed E-state index contributed by atoms with van der Waals surface area (Å²) in [6.07, 6.45) is 2.04. The van der Waals surface area contributed by atoms with Crippen LogP contribution in [0.25, 0.3) is 0 Å². The van der Waals surface area contributed by atoms with Gasteiger partial charge in [-0.25, -0.2) is 0 Å². The molecule has 0 fully saturated rings. The Bertz CT molecular complexity index is 430. The zero-order valence-electron chi connectivity index (χ0n) is 11.5. The summed E-state index contributed by atoms with van der Waals surface area (Å²) in [7, 11) is 0. The molecule has 104 valence electrons. The zero-order valence-corrected chi connectivity index (χ0v) is 12.3. The van der Waals surface area contributed by atoms with E-state index in [4.69, 9.17) is 0 Å². The van der Waals surface area contributed by atoms with Gasteiger partial charge < -0.3 is 10.6 Å². The fraction of sp³-hybridized carbons (Fsp3) is 0.429. The maximum atomic E-state index is 11.8. The van der Waals surface area contributed by atoms with Crippen LogP contribution < -0.4 is 10.6 Å². The van der Waals surface area contributed by atoms with Gasteiger partial charge in [0, 0.05) is 17.4 Å². The summed E-state index contributed by atoms with van der Waals surface area (Å²) in [5, 5.41) is 5.32. The number of nitrogens with one attached hydrogen (secondary N) is 2. The standard InChI is InChI=1S/C14H20N2O2S/c1-10(2)16-13(17)8-15-14(18)12-6-4-11(5-7-12)9-19-3/h4-7,10H,8-9H2,1-3H3,(H,15,18)(H,16,17). The van der Waals surface area contributed by atoms with Crippen LogP contribution in [0.5, 0.6) is 0 Å². The lowest BCUT2D eigenvalue weighted by molar-refractivity contribution is -0.120. The molecule has 0 atom stereocenters. The van der Waals surface area contributed by atoms with Crippen molar-refractivity contribution >= 4 is 23.6 Å². The zero-order chi connectivity index (χ0) is 14.3. The van der Waals surface area contributed by atoms with Gasteiger partial charge >= 0.3 is 0 Å². The Balaban J connectivity index is 2.47. The molecule has 0 saturated carbocycles. The Labute approximate surface area is 118 Å². The van der Waals surface area contributed by atoms with Crippen LogP contribution in [-0.2, 0) is 10.5 Å². The van der Waals surface area contributed by atoms with E-state index in [0.29, 0.717) is 5.56 Å². The van der Waals surface area contributed by atoms with Crippen molar-refractivity contribution in [2.24, 2.45) is 0 Å². The van der Waals surface area contributed by atoms with Crippen LogP contribution in [0.3, 0.4) is 0 Å². The SMILES string of the molecule is CSCc1ccc(C(=O)NCC(=O)NC(C)C)cc1. The number of hydrogen-bond acceptors (Lipinski definition) is 3. The molecule has 0 aliphatic heterocycles. The van der Waals surface area contributed by atoms with Gasteiger partial charge in [0.25, 0.3) is 5.91 Å². The quantitative estimate of drug-likeness (QED) is 0.835. The summed E-state index contributed by atoms with van der Waals surface area (Å²) in [4.78, 5) is 23.2. The van der Waals surface area contributed by atoms with Crippen LogP contribution in [0.4, 0.5) is 0 Å². The lowest BCUT2D eigenvalue weighted by Crippen LogP contribution is -2.39. The predicted octanol–water partition coefficient (Wildman–Crippen LogP) is 1.80. The van der Waals surface area contributed by atoms with Gasteiger partial charge in [0.05, 0.1) is 6.54 Å². The number of hydrogen-bond donors (Lipinski definition) is 2. The summed E-state index contributed by atoms with van der Waals surface area (Å²) in [6, 6.07) is 7.50. The third-order valence-corrected chi connectivity index (χ3v) is 3.01. The lowest BCUT2D eigenvalue weighted by atomic mass is 10.1. The molecule has 2 N–H and O–H groups in total. The second-order valence-electron chi connectivity index (χ2n) is 4.53. The van der Waals surface area contributed by atoms with Gasteiger partial charge in [0.15, 0.2) is 0 Å². The Morgan fingerprint density at radius 2 is 1.84 bits per heavy atom. The van der Waals surface area contributed by atoms with Crippen molar-refractivity contribution < 1.29 is 9.59 Å². The molecule has 4 nitrogen and oxygen atoms in total. The van der Waals surface area contributed by atoms with Crippen molar-refractivity contribution in [1.82, 2.24) is 10.6 Å². The minimum absolute atomic E-state index is 0.00355. The summed E-state index contributed by atoms with van der Waals surface area (Å²) in [6.45, 7) is 3.76. The summed E-state index contributed by atoms with van der Waals surface area (Å²) >= 11 is 1.74. The highest BCUT2D eigenvalue weighted by Gasteiger charge is 2.08. The average Bonchev–Trinajstić information content (AvgIpc) is 2.36. The molecule has 19 heavy (non-hydrogen) atoms. The van der Waals surface area contributed by atoms with Crippen molar-refractivity contribution in [2.45, 2.75) is 25.6 Å². The molecular weight excluding hydrogens is 260 g/mol. The topological polar surface area (TPSA) is 58.2 Å². The van der Waals surface area contributed by atoms with E-state index in [-0.39, 0.29) is 24.4 Å². The number of benzene rings is 1. The molecule has 0 bridgehead atoms. The summed E-state index contributed by atoms with van der Waals surface area (Å²) in [5.74, 6) is 0.524. The van der Waals surface area contributed by atoms with E-state index >= 15 is 0 Å². The van der Waals surface area contributed by atoms with Gasteiger partial charge in [-0.05, 0) is 37.8 Å². The van der Waals surface area contributed by atoms with E-state index in [2.05, 4.69) is 10.6 Å². The Morgan fingerprint density at radius 3 is 2.37 bits per heavy atom. The van der Waals surface area contributed by atoms with E-state index in [0.717, 1.165) is 5.75 Å². The van der Waals surface area contributed by atoms with Crippen LogP contribution >= 0.6 is 11.8 Å². The molecule has 0 aliphatic rings. The third-order valence-electron chi connectivity index (χ3n) is 2.39. The molecule has 1 rings (SSSR count). The first kappa shape index (κ1) is 15.6. The van der Waals surface area contributed by atoms with Gasteiger partial charge in [-0.3, -0.25) is 9.59 Å². The fourth-order valence-corrected chi connectivity index (χ4v) is 2.08. The normalized spacial score (nSPS) is 10.3. The number of thioether (sulfide) groups is 1. The van der Waals surface area contributed by atoms with Gasteiger partial charge in [0.2, 0.25) is 5.91 Å². The fourth-order valence-electron chi connectivity index (χ4n) is 1.55. The highest BCUT2D eigenvalue weighted by Crippen LogP contribution is 2.10. The van der Waals surface area contributed by atoms with Gasteiger partial charge in [0.1, 0.15) is 0 Å². The molecule has 2 amide bonds. The first-order valence-corrected chi connectivity index (χ1v) is 7.57. The maximum Gasteiger partial charge on any atom is 0.251 e. The Hall–Kier alpha value is -1.49. The largest absolute Gasteiger partial charge is 0.352 e. The molecule has 0 aromatic heterocycles. The molecular formula is C14H20N2O2S. The van der Waals surface area contributed by atoms with Crippen LogP contribution in [0.2, 0.25) is 0 Å². The van der Waals surface area contributed by atoms with Gasteiger partial charge in [-0.1, -0.05) is 12.1 Å². The lowest BCUT2D eigenvalue weighted by Gasteiger charge is -2.09. The van der Waals surface area contributed by atoms with E-state index in [1.807, 2.05) is 32.2 Å². The number of carbonyl (C=O) groups is 2. The number of rotatable bonds is 6. The molecule has 5 heteroatoms. The average molecular weight is 280 g/mol. The molecule has 0 aliphatic carbocycles. The third kappa shape index (κ3) is 5.79. The summed E-state index contributed by atoms with van der Waals surface area (Å²) in [5.41, 5.74) is 1.75. The minimum atomic E-state index is -0.227. The Kier molecular flexibility index (Phi) is 6.42. The van der Waals surface area contributed by atoms with Crippen LogP contribution in [0, 0.1) is 0 Å². The van der Waals surface area contributed by atoms with Gasteiger partial charge in [-0.15, -0.1) is 0 Å². The van der Waals surface area contributed by atoms with Crippen LogP contribution in [0.1, 0.15) is 29.8 Å². The molecule has 0 saturated heterocycles. The molecule has 0 unspecified atom stereocenters. The second kappa shape index (κ2) is 7.84. The van der Waals surface area contributed by atoms with E-state index in [1.54, 1.807) is 23.9 Å². The molecule has 1 aromatic rings. The minimum Gasteiger partial charge on any atom is -0.352 e. The highest BCUT2D eigenvalue weighted by molar-refractivity contribution is 7.97. The second-order valence-corrected chi connectivity index (χ2v) is 5.40. The van der Waals surface area contributed by atoms with Crippen molar-refractivity contribution in [3.63, 3.8) is 0 Å². The molecule has 0 heterocycles. The molecule has 0 radical (unpaired) electrons. The predicted molar refractivity (Wildman–Crippen MR) is 79.3 cm³/mol. The van der Waals surface area contributed by atoms with Gasteiger partial charge in [-0.2, -0.15) is 11.8 Å². The first-order chi connectivity index (χ1) is 9.02. The van der Waals surface area contributed by atoms with E-state index < -0.39 is 0 Å². The number of amides is 2. The Morgan fingerprint density at radius 1 is 1.21 bits per heavy atom. The highest BCUT2D eigenvalue weighted by atomic mass is 32.2. The van der Waals surface area contributed by atoms with Crippen molar-refractivity contribution in [3.8, 4) is 0 Å².